The lowest BCUT2D eigenvalue weighted by Crippen LogP contribution is -2.31. The third-order valence-corrected chi connectivity index (χ3v) is 5.88. The molecular weight excluding hydrogens is 244 g/mol. The molecule has 108 valence electrons. The second-order valence-corrected chi connectivity index (χ2v) is 6.92. The zero-order chi connectivity index (χ0) is 13.0. The molecule has 4 heteroatoms. The highest BCUT2D eigenvalue weighted by atomic mass is 16.6. The maximum Gasteiger partial charge on any atom is 0.101 e. The number of aliphatic hydroxyl groups is 1. The van der Waals surface area contributed by atoms with Crippen LogP contribution in [0.1, 0.15) is 19.3 Å². The molecule has 1 aliphatic heterocycles. The number of hydrogen-bond donors (Lipinski definition) is 1. The standard InChI is InChI=1S/C15H24O4/c1-17-6-10(16)7-18-5-9-2-8-3-11(9)12-4-13-15(19-13)14(8)12/h8-16H,2-7H2,1H3. The van der Waals surface area contributed by atoms with Crippen molar-refractivity contribution in [3.63, 3.8) is 0 Å². The average Bonchev–Trinajstić information content (AvgIpc) is 2.75. The summed E-state index contributed by atoms with van der Waals surface area (Å²) in [5, 5.41) is 9.58. The van der Waals surface area contributed by atoms with Gasteiger partial charge in [-0.05, 0) is 48.9 Å². The first-order chi connectivity index (χ1) is 9.28. The van der Waals surface area contributed by atoms with Crippen molar-refractivity contribution in [1.82, 2.24) is 0 Å². The summed E-state index contributed by atoms with van der Waals surface area (Å²) in [5.74, 6) is 4.28. The molecule has 0 aromatic rings. The number of methoxy groups -OCH3 is 1. The molecule has 4 fully saturated rings. The lowest BCUT2D eigenvalue weighted by atomic mass is 9.75. The van der Waals surface area contributed by atoms with Crippen LogP contribution in [0.2, 0.25) is 0 Å². The first kappa shape index (κ1) is 12.6. The molecule has 8 atom stereocenters. The molecule has 0 radical (unpaired) electrons. The van der Waals surface area contributed by atoms with Gasteiger partial charge in [0.1, 0.15) is 6.10 Å². The van der Waals surface area contributed by atoms with Gasteiger partial charge in [0.15, 0.2) is 0 Å². The van der Waals surface area contributed by atoms with Crippen molar-refractivity contribution in [1.29, 1.82) is 0 Å². The van der Waals surface area contributed by atoms with Gasteiger partial charge in [0.2, 0.25) is 0 Å². The van der Waals surface area contributed by atoms with Gasteiger partial charge in [0.25, 0.3) is 0 Å². The third-order valence-electron chi connectivity index (χ3n) is 5.88. The Balaban J connectivity index is 1.26. The molecule has 8 unspecified atom stereocenters. The van der Waals surface area contributed by atoms with E-state index in [4.69, 9.17) is 14.2 Å². The smallest absolute Gasteiger partial charge is 0.101 e. The van der Waals surface area contributed by atoms with Crippen molar-refractivity contribution >= 4 is 0 Å². The fourth-order valence-corrected chi connectivity index (χ4v) is 5.26. The largest absolute Gasteiger partial charge is 0.388 e. The first-order valence-electron chi connectivity index (χ1n) is 7.68. The molecule has 1 saturated heterocycles. The van der Waals surface area contributed by atoms with E-state index in [-0.39, 0.29) is 0 Å². The Hall–Kier alpha value is -0.160. The fourth-order valence-electron chi connectivity index (χ4n) is 5.26. The summed E-state index contributed by atoms with van der Waals surface area (Å²) in [6, 6.07) is 0. The van der Waals surface area contributed by atoms with Crippen LogP contribution in [0.5, 0.6) is 0 Å². The number of epoxide rings is 1. The molecule has 1 N–H and O–H groups in total. The van der Waals surface area contributed by atoms with Crippen LogP contribution in [0.4, 0.5) is 0 Å². The molecule has 2 bridgehead atoms. The van der Waals surface area contributed by atoms with E-state index in [1.807, 2.05) is 0 Å². The minimum Gasteiger partial charge on any atom is -0.388 e. The van der Waals surface area contributed by atoms with E-state index in [0.29, 0.717) is 25.4 Å². The second kappa shape index (κ2) is 4.69. The molecule has 0 aromatic carbocycles. The number of rotatable bonds is 6. The summed E-state index contributed by atoms with van der Waals surface area (Å²) in [4.78, 5) is 0. The summed E-state index contributed by atoms with van der Waals surface area (Å²) in [5.41, 5.74) is 0. The van der Waals surface area contributed by atoms with Gasteiger partial charge in [-0.25, -0.2) is 0 Å². The lowest BCUT2D eigenvalue weighted by Gasteiger charge is -2.32. The van der Waals surface area contributed by atoms with Crippen LogP contribution in [0, 0.1) is 29.6 Å². The van der Waals surface area contributed by atoms with Gasteiger partial charge in [0, 0.05) is 13.7 Å². The topological polar surface area (TPSA) is 51.2 Å². The highest BCUT2D eigenvalue weighted by Gasteiger charge is 2.66. The average molecular weight is 268 g/mol. The quantitative estimate of drug-likeness (QED) is 0.732. The minimum absolute atomic E-state index is 0.363. The van der Waals surface area contributed by atoms with Gasteiger partial charge in [-0.2, -0.15) is 0 Å². The molecule has 4 nitrogen and oxygen atoms in total. The van der Waals surface area contributed by atoms with Gasteiger partial charge in [0.05, 0.1) is 25.4 Å². The van der Waals surface area contributed by atoms with Crippen molar-refractivity contribution in [2.45, 2.75) is 37.6 Å². The van der Waals surface area contributed by atoms with Crippen molar-refractivity contribution in [3.8, 4) is 0 Å². The van der Waals surface area contributed by atoms with E-state index in [1.165, 1.54) is 19.3 Å². The van der Waals surface area contributed by atoms with Crippen LogP contribution in [0.3, 0.4) is 0 Å². The molecule has 4 aliphatic rings. The molecule has 0 aromatic heterocycles. The highest BCUT2D eigenvalue weighted by molar-refractivity contribution is 5.13. The fraction of sp³-hybridized carbons (Fsp3) is 1.00. The monoisotopic (exact) mass is 268 g/mol. The van der Waals surface area contributed by atoms with Crippen LogP contribution in [-0.4, -0.2) is 50.3 Å². The van der Waals surface area contributed by atoms with Crippen molar-refractivity contribution in [2.24, 2.45) is 29.6 Å². The number of hydrogen-bond acceptors (Lipinski definition) is 4. The summed E-state index contributed by atoms with van der Waals surface area (Å²) >= 11 is 0. The van der Waals surface area contributed by atoms with Gasteiger partial charge in [-0.15, -0.1) is 0 Å². The number of ether oxygens (including phenoxy) is 3. The summed E-state index contributed by atoms with van der Waals surface area (Å²) < 4.78 is 16.3. The Bertz CT molecular complexity index is 347. The van der Waals surface area contributed by atoms with Crippen LogP contribution in [-0.2, 0) is 14.2 Å². The predicted octanol–water partition coefficient (Wildman–Crippen LogP) is 1.07. The van der Waals surface area contributed by atoms with Crippen LogP contribution < -0.4 is 0 Å². The van der Waals surface area contributed by atoms with Crippen molar-refractivity contribution in [2.75, 3.05) is 26.9 Å². The van der Waals surface area contributed by atoms with Gasteiger partial charge in [-0.1, -0.05) is 0 Å². The SMILES string of the molecule is COCC(O)COCC1CC2CC1C1CC3OC3C21. The van der Waals surface area contributed by atoms with E-state index in [1.54, 1.807) is 7.11 Å². The molecule has 1 heterocycles. The van der Waals surface area contributed by atoms with E-state index in [2.05, 4.69) is 0 Å². The van der Waals surface area contributed by atoms with Crippen LogP contribution >= 0.6 is 0 Å². The van der Waals surface area contributed by atoms with E-state index in [9.17, 15) is 5.11 Å². The highest BCUT2D eigenvalue weighted by Crippen LogP contribution is 2.65. The lowest BCUT2D eigenvalue weighted by molar-refractivity contribution is -0.0272. The molecular formula is C15H24O4. The zero-order valence-corrected chi connectivity index (χ0v) is 11.5. The normalized spacial score (nSPS) is 51.2. The number of fused-ring (bicyclic) bond motifs is 7. The zero-order valence-electron chi connectivity index (χ0n) is 11.5. The predicted molar refractivity (Wildman–Crippen MR) is 68.7 cm³/mol. The minimum atomic E-state index is -0.483. The van der Waals surface area contributed by atoms with E-state index in [0.717, 1.165) is 36.2 Å². The summed E-state index contributed by atoms with van der Waals surface area (Å²) in [6.07, 6.45) is 4.78. The Kier molecular flexibility index (Phi) is 3.10. The molecule has 0 spiro atoms. The molecule has 4 rings (SSSR count). The van der Waals surface area contributed by atoms with Gasteiger partial charge >= 0.3 is 0 Å². The second-order valence-electron chi connectivity index (χ2n) is 6.92. The molecule has 0 amide bonds. The molecule has 19 heavy (non-hydrogen) atoms. The van der Waals surface area contributed by atoms with Crippen molar-refractivity contribution < 1.29 is 19.3 Å². The Morgan fingerprint density at radius 1 is 1.21 bits per heavy atom. The maximum absolute atomic E-state index is 9.58. The Labute approximate surface area is 114 Å². The number of aliphatic hydroxyl groups excluding tert-OH is 1. The Morgan fingerprint density at radius 2 is 2.11 bits per heavy atom. The molecule has 3 aliphatic carbocycles. The first-order valence-corrected chi connectivity index (χ1v) is 7.68. The maximum atomic E-state index is 9.58. The molecule has 3 saturated carbocycles. The van der Waals surface area contributed by atoms with Crippen molar-refractivity contribution in [3.05, 3.63) is 0 Å². The van der Waals surface area contributed by atoms with Crippen LogP contribution in [0.25, 0.3) is 0 Å². The third kappa shape index (κ3) is 2.04. The van der Waals surface area contributed by atoms with E-state index >= 15 is 0 Å². The van der Waals surface area contributed by atoms with E-state index < -0.39 is 6.10 Å². The Morgan fingerprint density at radius 3 is 2.95 bits per heavy atom. The summed E-state index contributed by atoms with van der Waals surface area (Å²) in [7, 11) is 1.60. The van der Waals surface area contributed by atoms with Gasteiger partial charge in [-0.3, -0.25) is 0 Å². The van der Waals surface area contributed by atoms with Crippen LogP contribution in [0.15, 0.2) is 0 Å². The van der Waals surface area contributed by atoms with Gasteiger partial charge < -0.3 is 19.3 Å². The summed E-state index contributed by atoms with van der Waals surface area (Å²) in [6.45, 7) is 1.59.